The molecule has 1 aliphatic heterocycles. The fourth-order valence-electron chi connectivity index (χ4n) is 2.94. The van der Waals surface area contributed by atoms with E-state index < -0.39 is 12.9 Å². The summed E-state index contributed by atoms with van der Waals surface area (Å²) < 4.78 is 13.4. The van der Waals surface area contributed by atoms with E-state index in [9.17, 15) is 4.39 Å². The van der Waals surface area contributed by atoms with Gasteiger partial charge in [-0.05, 0) is 30.4 Å². The van der Waals surface area contributed by atoms with Gasteiger partial charge in [0.2, 0.25) is 0 Å². The summed E-state index contributed by atoms with van der Waals surface area (Å²) in [5.41, 5.74) is 0.884. The van der Waals surface area contributed by atoms with Gasteiger partial charge in [0.25, 0.3) is 0 Å². The second kappa shape index (κ2) is 6.44. The molecule has 0 spiro atoms. The zero-order valence-electron chi connectivity index (χ0n) is 12.2. The second-order valence-electron chi connectivity index (χ2n) is 6.25. The van der Waals surface area contributed by atoms with Gasteiger partial charge in [0.1, 0.15) is 5.82 Å². The van der Waals surface area contributed by atoms with Crippen molar-refractivity contribution in [3.63, 3.8) is 0 Å². The van der Waals surface area contributed by atoms with Crippen LogP contribution in [0.1, 0.15) is 18.4 Å². The fraction of sp³-hybridized carbons (Fsp3) is 0.600. The van der Waals surface area contributed by atoms with Gasteiger partial charge in [-0.15, -0.1) is 0 Å². The Morgan fingerprint density at radius 2 is 1.76 bits per heavy atom. The van der Waals surface area contributed by atoms with E-state index in [1.54, 1.807) is 12.1 Å². The quantitative estimate of drug-likeness (QED) is 0.752. The van der Waals surface area contributed by atoms with Crippen molar-refractivity contribution in [2.45, 2.75) is 19.4 Å². The van der Waals surface area contributed by atoms with Crippen LogP contribution in [0.2, 0.25) is 0 Å². The predicted octanol–water partition coefficient (Wildman–Crippen LogP) is 0.0331. The molecule has 0 radical (unpaired) electrons. The summed E-state index contributed by atoms with van der Waals surface area (Å²) in [5, 5.41) is 18.3. The molecule has 0 amide bonds. The van der Waals surface area contributed by atoms with Crippen LogP contribution < -0.4 is 5.46 Å². The summed E-state index contributed by atoms with van der Waals surface area (Å²) in [4.78, 5) is 4.87. The third-order valence-corrected chi connectivity index (χ3v) is 4.42. The van der Waals surface area contributed by atoms with Crippen LogP contribution in [0.4, 0.5) is 4.39 Å². The Morgan fingerprint density at radius 1 is 1.10 bits per heavy atom. The van der Waals surface area contributed by atoms with Gasteiger partial charge >= 0.3 is 7.12 Å². The van der Waals surface area contributed by atoms with Crippen LogP contribution in [-0.2, 0) is 6.54 Å². The molecular weight excluding hydrogens is 270 g/mol. The molecule has 1 saturated carbocycles. The molecule has 0 unspecified atom stereocenters. The summed E-state index contributed by atoms with van der Waals surface area (Å²) >= 11 is 0. The van der Waals surface area contributed by atoms with Crippen LogP contribution in [-0.4, -0.2) is 59.7 Å². The van der Waals surface area contributed by atoms with Crippen molar-refractivity contribution in [1.82, 2.24) is 9.80 Å². The van der Waals surface area contributed by atoms with E-state index >= 15 is 0 Å². The van der Waals surface area contributed by atoms with Crippen LogP contribution in [0.25, 0.3) is 0 Å². The van der Waals surface area contributed by atoms with E-state index in [0.29, 0.717) is 0 Å². The van der Waals surface area contributed by atoms with E-state index in [0.717, 1.165) is 44.2 Å². The molecule has 3 rings (SSSR count). The van der Waals surface area contributed by atoms with Gasteiger partial charge in [0.15, 0.2) is 0 Å². The Labute approximate surface area is 125 Å². The number of nitrogens with zero attached hydrogens (tertiary/aromatic N) is 2. The lowest BCUT2D eigenvalue weighted by Gasteiger charge is -2.34. The SMILES string of the molecule is OB(O)c1cc(CN2CCN(CC3CC3)CC2)ccc1F. The molecule has 2 aliphatic rings. The Hall–Kier alpha value is -0.945. The summed E-state index contributed by atoms with van der Waals surface area (Å²) in [7, 11) is -1.75. The minimum absolute atomic E-state index is 0.0418. The van der Waals surface area contributed by atoms with E-state index in [1.165, 1.54) is 25.5 Å². The molecule has 0 atom stereocenters. The highest BCUT2D eigenvalue weighted by atomic mass is 19.1. The van der Waals surface area contributed by atoms with Gasteiger partial charge in [-0.25, -0.2) is 4.39 Å². The molecule has 21 heavy (non-hydrogen) atoms. The zero-order valence-corrected chi connectivity index (χ0v) is 12.2. The molecule has 2 N–H and O–H groups in total. The fourth-order valence-corrected chi connectivity index (χ4v) is 2.94. The van der Waals surface area contributed by atoms with E-state index in [2.05, 4.69) is 9.80 Å². The van der Waals surface area contributed by atoms with Crippen molar-refractivity contribution >= 4 is 12.6 Å². The molecule has 2 fully saturated rings. The van der Waals surface area contributed by atoms with Crippen molar-refractivity contribution in [2.24, 2.45) is 5.92 Å². The molecule has 0 aromatic heterocycles. The first-order chi connectivity index (χ1) is 10.1. The first kappa shape index (κ1) is 15.0. The first-order valence-electron chi connectivity index (χ1n) is 7.71. The highest BCUT2D eigenvalue weighted by molar-refractivity contribution is 6.58. The van der Waals surface area contributed by atoms with Gasteiger partial charge in [0.05, 0.1) is 0 Å². The largest absolute Gasteiger partial charge is 0.491 e. The van der Waals surface area contributed by atoms with Gasteiger partial charge in [-0.1, -0.05) is 12.1 Å². The standard InChI is InChI=1S/C15H22BFN2O2/c17-15-4-3-13(9-14(15)16(20)21)11-19-7-5-18(6-8-19)10-12-1-2-12/h3-4,9,12,20-21H,1-2,5-8,10-11H2. The van der Waals surface area contributed by atoms with E-state index in [4.69, 9.17) is 10.0 Å². The number of hydrogen-bond acceptors (Lipinski definition) is 4. The average Bonchev–Trinajstić information content (AvgIpc) is 3.27. The van der Waals surface area contributed by atoms with Gasteiger partial charge < -0.3 is 14.9 Å². The highest BCUT2D eigenvalue weighted by Crippen LogP contribution is 2.29. The smallest absolute Gasteiger partial charge is 0.423 e. The Balaban J connectivity index is 1.53. The van der Waals surface area contributed by atoms with Crippen LogP contribution in [0.5, 0.6) is 0 Å². The number of hydrogen-bond donors (Lipinski definition) is 2. The molecule has 1 aromatic rings. The number of piperazine rings is 1. The minimum atomic E-state index is -1.75. The monoisotopic (exact) mass is 292 g/mol. The van der Waals surface area contributed by atoms with E-state index in [-0.39, 0.29) is 5.46 Å². The molecule has 4 nitrogen and oxygen atoms in total. The normalized spacial score (nSPS) is 20.7. The third kappa shape index (κ3) is 4.04. The van der Waals surface area contributed by atoms with Crippen molar-refractivity contribution < 1.29 is 14.4 Å². The first-order valence-corrected chi connectivity index (χ1v) is 7.71. The van der Waals surface area contributed by atoms with Crippen LogP contribution in [0, 0.1) is 11.7 Å². The zero-order chi connectivity index (χ0) is 14.8. The van der Waals surface area contributed by atoms with Crippen LogP contribution in [0.15, 0.2) is 18.2 Å². The lowest BCUT2D eigenvalue weighted by atomic mass is 9.79. The van der Waals surface area contributed by atoms with Gasteiger partial charge in [-0.3, -0.25) is 4.90 Å². The molecular formula is C15H22BFN2O2. The average molecular weight is 292 g/mol. The summed E-state index contributed by atoms with van der Waals surface area (Å²) in [6, 6.07) is 4.59. The summed E-state index contributed by atoms with van der Waals surface area (Å²) in [6.45, 7) is 6.19. The lowest BCUT2D eigenvalue weighted by molar-refractivity contribution is 0.123. The van der Waals surface area contributed by atoms with Crippen molar-refractivity contribution in [1.29, 1.82) is 0 Å². The third-order valence-electron chi connectivity index (χ3n) is 4.42. The van der Waals surface area contributed by atoms with Crippen molar-refractivity contribution in [3.8, 4) is 0 Å². The van der Waals surface area contributed by atoms with Crippen LogP contribution in [0.3, 0.4) is 0 Å². The molecule has 1 heterocycles. The highest BCUT2D eigenvalue weighted by Gasteiger charge is 2.26. The van der Waals surface area contributed by atoms with Crippen molar-refractivity contribution in [2.75, 3.05) is 32.7 Å². The Bertz CT molecular complexity index is 489. The summed E-state index contributed by atoms with van der Waals surface area (Å²) in [5.74, 6) is 0.366. The predicted molar refractivity (Wildman–Crippen MR) is 80.7 cm³/mol. The maximum Gasteiger partial charge on any atom is 0.491 e. The minimum Gasteiger partial charge on any atom is -0.423 e. The Kier molecular flexibility index (Phi) is 4.59. The maximum atomic E-state index is 13.4. The Morgan fingerprint density at radius 3 is 2.38 bits per heavy atom. The van der Waals surface area contributed by atoms with Gasteiger partial charge in [0, 0.05) is 44.7 Å². The summed E-state index contributed by atoms with van der Waals surface area (Å²) in [6.07, 6.45) is 2.78. The molecule has 0 bridgehead atoms. The second-order valence-corrected chi connectivity index (χ2v) is 6.25. The molecule has 6 heteroatoms. The van der Waals surface area contributed by atoms with E-state index in [1.807, 2.05) is 0 Å². The maximum absolute atomic E-state index is 13.4. The van der Waals surface area contributed by atoms with Crippen LogP contribution >= 0.6 is 0 Å². The van der Waals surface area contributed by atoms with Crippen molar-refractivity contribution in [3.05, 3.63) is 29.6 Å². The number of rotatable bonds is 5. The number of halogens is 1. The molecule has 1 aromatic carbocycles. The molecule has 1 aliphatic carbocycles. The lowest BCUT2D eigenvalue weighted by Crippen LogP contribution is -2.46. The molecule has 1 saturated heterocycles. The topological polar surface area (TPSA) is 46.9 Å². The number of benzene rings is 1. The van der Waals surface area contributed by atoms with Gasteiger partial charge in [-0.2, -0.15) is 0 Å². The molecule has 114 valence electrons.